The molecule has 9 heteroatoms. The number of ether oxygens (including phenoxy) is 1. The Morgan fingerprint density at radius 1 is 1.17 bits per heavy atom. The van der Waals surface area contributed by atoms with Crippen molar-refractivity contribution in [1.82, 2.24) is 25.1 Å². The van der Waals surface area contributed by atoms with E-state index >= 15 is 0 Å². The minimum absolute atomic E-state index is 0.0511. The Kier molecular flexibility index (Phi) is 6.64. The third-order valence-corrected chi connectivity index (χ3v) is 6.41. The summed E-state index contributed by atoms with van der Waals surface area (Å²) >= 11 is 0. The molecule has 9 nitrogen and oxygen atoms in total. The highest BCUT2D eigenvalue weighted by molar-refractivity contribution is 5.94. The maximum atomic E-state index is 12.0. The number of benzene rings is 2. The first kappa shape index (κ1) is 23.5. The highest BCUT2D eigenvalue weighted by atomic mass is 16.5. The third kappa shape index (κ3) is 4.92. The van der Waals surface area contributed by atoms with E-state index in [0.717, 1.165) is 54.1 Å². The minimum atomic E-state index is -0.0511. The molecule has 0 atom stereocenters. The smallest absolute Gasteiger partial charge is 0.229 e. The molecule has 1 aliphatic heterocycles. The average Bonchev–Trinajstić information content (AvgIpc) is 3.37. The van der Waals surface area contributed by atoms with Gasteiger partial charge in [0.25, 0.3) is 0 Å². The minimum Gasteiger partial charge on any atom is -0.496 e. The second-order valence-corrected chi connectivity index (χ2v) is 8.88. The monoisotopic (exact) mass is 483 g/mol. The molecule has 4 aromatic rings. The molecule has 2 aromatic carbocycles. The van der Waals surface area contributed by atoms with Crippen LogP contribution in [0.5, 0.6) is 5.75 Å². The number of ketones is 1. The van der Waals surface area contributed by atoms with Crippen molar-refractivity contribution in [1.29, 1.82) is 0 Å². The molecule has 1 saturated heterocycles. The summed E-state index contributed by atoms with van der Waals surface area (Å²) in [7, 11) is 3.77. The molecule has 2 aromatic heterocycles. The Labute approximate surface area is 209 Å². The number of nitrogens with zero attached hydrogens (tertiary/aromatic N) is 5. The summed E-state index contributed by atoms with van der Waals surface area (Å²) in [5, 5.41) is 11.3. The molecule has 5 rings (SSSR count). The fourth-order valence-corrected chi connectivity index (χ4v) is 4.39. The van der Waals surface area contributed by atoms with Gasteiger partial charge in [0.1, 0.15) is 5.75 Å². The van der Waals surface area contributed by atoms with E-state index in [9.17, 15) is 4.79 Å². The van der Waals surface area contributed by atoms with Gasteiger partial charge in [-0.25, -0.2) is 4.98 Å². The molecule has 0 radical (unpaired) electrons. The Morgan fingerprint density at radius 2 is 2.00 bits per heavy atom. The van der Waals surface area contributed by atoms with Crippen LogP contribution in [0.4, 0.5) is 17.3 Å². The van der Waals surface area contributed by atoms with Crippen LogP contribution in [-0.4, -0.2) is 71.2 Å². The van der Waals surface area contributed by atoms with Crippen LogP contribution in [0.1, 0.15) is 5.56 Å². The molecule has 1 aliphatic rings. The third-order valence-electron chi connectivity index (χ3n) is 6.41. The molecule has 3 heterocycles. The van der Waals surface area contributed by atoms with E-state index in [1.165, 1.54) is 6.08 Å². The van der Waals surface area contributed by atoms with Gasteiger partial charge in [0.15, 0.2) is 11.4 Å². The second-order valence-electron chi connectivity index (χ2n) is 8.88. The summed E-state index contributed by atoms with van der Waals surface area (Å²) in [6.45, 7) is 7.64. The van der Waals surface area contributed by atoms with Crippen molar-refractivity contribution >= 4 is 34.1 Å². The molecule has 36 heavy (non-hydrogen) atoms. The van der Waals surface area contributed by atoms with Crippen molar-refractivity contribution < 1.29 is 9.53 Å². The topological polar surface area (TPSA) is 99.3 Å². The van der Waals surface area contributed by atoms with Gasteiger partial charge in [-0.1, -0.05) is 18.7 Å². The van der Waals surface area contributed by atoms with Gasteiger partial charge >= 0.3 is 0 Å². The van der Waals surface area contributed by atoms with Crippen molar-refractivity contribution in [2.45, 2.75) is 6.42 Å². The van der Waals surface area contributed by atoms with Crippen LogP contribution in [0, 0.1) is 0 Å². The predicted molar refractivity (Wildman–Crippen MR) is 142 cm³/mol. The number of rotatable bonds is 8. The largest absolute Gasteiger partial charge is 0.496 e. The van der Waals surface area contributed by atoms with Gasteiger partial charge in [-0.2, -0.15) is 10.1 Å². The number of anilines is 3. The lowest BCUT2D eigenvalue weighted by Gasteiger charge is -2.34. The summed E-state index contributed by atoms with van der Waals surface area (Å²) in [6.07, 6.45) is 3.29. The lowest BCUT2D eigenvalue weighted by molar-refractivity contribution is -0.114. The zero-order valence-electron chi connectivity index (χ0n) is 20.5. The Morgan fingerprint density at radius 3 is 2.78 bits per heavy atom. The maximum absolute atomic E-state index is 12.0. The second kappa shape index (κ2) is 10.2. The van der Waals surface area contributed by atoms with E-state index < -0.39 is 0 Å². The SMILES string of the molecule is C=CC(=O)Cc1ccc(OC)c(-c2nc(Nc3cccc(N4CCN(C)CC4)c3)nc3[nH]ncc23)c1. The van der Waals surface area contributed by atoms with E-state index in [4.69, 9.17) is 9.72 Å². The zero-order valence-corrected chi connectivity index (χ0v) is 20.5. The van der Waals surface area contributed by atoms with E-state index in [2.05, 4.69) is 56.1 Å². The summed E-state index contributed by atoms with van der Waals surface area (Å²) in [5.41, 5.74) is 4.93. The number of methoxy groups -OCH3 is 1. The van der Waals surface area contributed by atoms with E-state index in [-0.39, 0.29) is 12.2 Å². The molecular weight excluding hydrogens is 454 g/mol. The van der Waals surface area contributed by atoms with Crippen molar-refractivity contribution in [2.24, 2.45) is 0 Å². The fourth-order valence-electron chi connectivity index (χ4n) is 4.39. The normalized spacial score (nSPS) is 14.1. The van der Waals surface area contributed by atoms with Crippen molar-refractivity contribution in [3.8, 4) is 17.0 Å². The number of hydrogen-bond acceptors (Lipinski definition) is 8. The van der Waals surface area contributed by atoms with Gasteiger partial charge < -0.3 is 19.9 Å². The van der Waals surface area contributed by atoms with Crippen LogP contribution in [0.2, 0.25) is 0 Å². The first-order valence-electron chi connectivity index (χ1n) is 11.9. The number of piperazine rings is 1. The van der Waals surface area contributed by atoms with E-state index in [1.807, 2.05) is 30.3 Å². The quantitative estimate of drug-likeness (QED) is 0.365. The van der Waals surface area contributed by atoms with Crippen LogP contribution in [0.3, 0.4) is 0 Å². The maximum Gasteiger partial charge on any atom is 0.229 e. The van der Waals surface area contributed by atoms with Crippen LogP contribution in [0.25, 0.3) is 22.3 Å². The summed E-state index contributed by atoms with van der Waals surface area (Å²) in [4.78, 5) is 26.2. The van der Waals surface area contributed by atoms with Crippen molar-refractivity contribution in [3.05, 3.63) is 66.9 Å². The predicted octanol–water partition coefficient (Wildman–Crippen LogP) is 3.82. The zero-order chi connectivity index (χ0) is 25.1. The van der Waals surface area contributed by atoms with Crippen LogP contribution in [-0.2, 0) is 11.2 Å². The molecular formula is C27H29N7O2. The highest BCUT2D eigenvalue weighted by Crippen LogP contribution is 2.35. The molecule has 0 saturated carbocycles. The molecule has 0 amide bonds. The van der Waals surface area contributed by atoms with Gasteiger partial charge in [0.05, 0.1) is 24.4 Å². The number of likely N-dealkylation sites (N-methyl/N-ethyl adjacent to an activating group) is 1. The van der Waals surface area contributed by atoms with Gasteiger partial charge in [0.2, 0.25) is 5.95 Å². The number of aromatic amines is 1. The molecule has 0 spiro atoms. The summed E-state index contributed by atoms with van der Waals surface area (Å²) in [6, 6.07) is 13.9. The standard InChI is InChI=1S/C27H29N7O2/c1-4-21(35)14-18-8-9-24(36-3)22(15-18)25-23-17-28-32-26(23)31-27(30-25)29-19-6-5-7-20(16-19)34-12-10-33(2)11-13-34/h4-9,15-17H,1,10-14H2,2-3H3,(H2,28,29,30,31,32). The molecule has 0 unspecified atom stereocenters. The Hall–Kier alpha value is -4.24. The first-order chi connectivity index (χ1) is 17.5. The summed E-state index contributed by atoms with van der Waals surface area (Å²) in [5.74, 6) is 1.03. The number of carbonyl (C=O) groups excluding carboxylic acids is 1. The molecule has 1 fully saturated rings. The van der Waals surface area contributed by atoms with E-state index in [1.54, 1.807) is 13.3 Å². The number of aromatic nitrogens is 4. The molecule has 0 aliphatic carbocycles. The van der Waals surface area contributed by atoms with Gasteiger partial charge in [-0.15, -0.1) is 0 Å². The lowest BCUT2D eigenvalue weighted by Crippen LogP contribution is -2.44. The summed E-state index contributed by atoms with van der Waals surface area (Å²) < 4.78 is 5.63. The van der Waals surface area contributed by atoms with Gasteiger partial charge in [-0.3, -0.25) is 9.89 Å². The van der Waals surface area contributed by atoms with Crippen LogP contribution in [0.15, 0.2) is 61.3 Å². The lowest BCUT2D eigenvalue weighted by atomic mass is 10.0. The molecule has 2 N–H and O–H groups in total. The van der Waals surface area contributed by atoms with Crippen molar-refractivity contribution in [3.63, 3.8) is 0 Å². The van der Waals surface area contributed by atoms with Crippen LogP contribution < -0.4 is 15.0 Å². The Bertz CT molecular complexity index is 1410. The molecule has 0 bridgehead atoms. The fraction of sp³-hybridized carbons (Fsp3) is 0.259. The Balaban J connectivity index is 1.50. The number of hydrogen-bond donors (Lipinski definition) is 2. The first-order valence-corrected chi connectivity index (χ1v) is 11.9. The number of carbonyl (C=O) groups is 1. The molecule has 184 valence electrons. The van der Waals surface area contributed by atoms with Crippen molar-refractivity contribution in [2.75, 3.05) is 50.6 Å². The highest BCUT2D eigenvalue weighted by Gasteiger charge is 2.18. The number of nitrogens with one attached hydrogen (secondary N) is 2. The number of allylic oxidation sites excluding steroid dienone is 1. The number of fused-ring (bicyclic) bond motifs is 1. The van der Waals surface area contributed by atoms with Gasteiger partial charge in [0, 0.05) is 49.5 Å². The number of H-pyrrole nitrogens is 1. The average molecular weight is 484 g/mol. The van der Waals surface area contributed by atoms with E-state index in [0.29, 0.717) is 23.0 Å². The van der Waals surface area contributed by atoms with Crippen LogP contribution >= 0.6 is 0 Å². The van der Waals surface area contributed by atoms with Gasteiger partial charge in [-0.05, 0) is 49.0 Å².